The minimum atomic E-state index is -3.05. The highest BCUT2D eigenvalue weighted by atomic mass is 32.2. The molecule has 0 spiro atoms. The molecular formula is C22H29N5O3S2. The van der Waals surface area contributed by atoms with Gasteiger partial charge < -0.3 is 4.90 Å². The first-order chi connectivity index (χ1) is 15.5. The van der Waals surface area contributed by atoms with Crippen LogP contribution < -0.4 is 0 Å². The van der Waals surface area contributed by atoms with Crippen LogP contribution in [0.25, 0.3) is 11.4 Å². The van der Waals surface area contributed by atoms with Gasteiger partial charge in [-0.3, -0.25) is 14.3 Å². The number of rotatable bonds is 7. The van der Waals surface area contributed by atoms with Gasteiger partial charge in [0.15, 0.2) is 20.8 Å². The Morgan fingerprint density at radius 2 is 1.91 bits per heavy atom. The van der Waals surface area contributed by atoms with Gasteiger partial charge in [-0.1, -0.05) is 31.0 Å². The largest absolute Gasteiger partial charge is 0.335 e. The monoisotopic (exact) mass is 475 g/mol. The van der Waals surface area contributed by atoms with Crippen molar-refractivity contribution >= 4 is 27.5 Å². The lowest BCUT2D eigenvalue weighted by Gasteiger charge is -2.38. The van der Waals surface area contributed by atoms with E-state index in [1.165, 1.54) is 18.2 Å². The van der Waals surface area contributed by atoms with Crippen LogP contribution in [0, 0.1) is 0 Å². The van der Waals surface area contributed by atoms with Crippen molar-refractivity contribution in [3.05, 3.63) is 24.5 Å². The van der Waals surface area contributed by atoms with Crippen molar-refractivity contribution < 1.29 is 13.2 Å². The van der Waals surface area contributed by atoms with E-state index in [0.717, 1.165) is 55.1 Å². The van der Waals surface area contributed by atoms with Crippen molar-refractivity contribution in [1.82, 2.24) is 24.6 Å². The molecule has 172 valence electrons. The van der Waals surface area contributed by atoms with E-state index in [1.807, 2.05) is 17.0 Å². The van der Waals surface area contributed by atoms with Crippen molar-refractivity contribution in [1.29, 1.82) is 0 Å². The smallest absolute Gasteiger partial charge is 0.233 e. The Morgan fingerprint density at radius 1 is 1.09 bits per heavy atom. The van der Waals surface area contributed by atoms with E-state index in [2.05, 4.69) is 19.7 Å². The first-order valence-electron chi connectivity index (χ1n) is 11.5. The normalized spacial score (nSPS) is 23.3. The van der Waals surface area contributed by atoms with E-state index >= 15 is 0 Å². The fourth-order valence-corrected chi connectivity index (χ4v) is 7.58. The van der Waals surface area contributed by atoms with Crippen LogP contribution in [0.4, 0.5) is 0 Å². The number of carbonyl (C=O) groups is 1. The molecule has 0 aromatic carbocycles. The highest BCUT2D eigenvalue weighted by Crippen LogP contribution is 2.41. The van der Waals surface area contributed by atoms with E-state index in [0.29, 0.717) is 12.5 Å². The van der Waals surface area contributed by atoms with Crippen molar-refractivity contribution in [2.45, 2.75) is 74.6 Å². The van der Waals surface area contributed by atoms with Crippen LogP contribution in [0.5, 0.6) is 0 Å². The van der Waals surface area contributed by atoms with E-state index in [9.17, 15) is 13.2 Å². The quantitative estimate of drug-likeness (QED) is 0.568. The van der Waals surface area contributed by atoms with Gasteiger partial charge in [0.05, 0.1) is 17.3 Å². The topological polar surface area (TPSA) is 98.1 Å². The average molecular weight is 476 g/mol. The summed E-state index contributed by atoms with van der Waals surface area (Å²) in [5.41, 5.74) is 0.921. The molecule has 0 N–H and O–H groups in total. The summed E-state index contributed by atoms with van der Waals surface area (Å²) < 4.78 is 26.4. The van der Waals surface area contributed by atoms with Gasteiger partial charge >= 0.3 is 0 Å². The Labute approximate surface area is 193 Å². The third-order valence-electron chi connectivity index (χ3n) is 6.68. The standard InChI is InChI=1S/C22H29N5O3S2/c28-20(26(17-6-2-1-3-7-17)19-10-12-32(29,30)15-19)14-31-22-25-24-21(27(22)18-8-9-18)16-5-4-11-23-13-16/h4-5,11,13,17-19H,1-3,6-10,12,14-15H2. The zero-order valence-electron chi connectivity index (χ0n) is 18.1. The van der Waals surface area contributed by atoms with Crippen molar-refractivity contribution in [2.24, 2.45) is 0 Å². The Hall–Kier alpha value is -1.94. The number of pyridine rings is 1. The summed E-state index contributed by atoms with van der Waals surface area (Å²) in [4.78, 5) is 19.6. The Bertz CT molecular complexity index is 1060. The summed E-state index contributed by atoms with van der Waals surface area (Å²) in [6.07, 6.45) is 11.6. The number of carbonyl (C=O) groups excluding carboxylic acids is 1. The molecule has 1 unspecified atom stereocenters. The van der Waals surface area contributed by atoms with Crippen molar-refractivity contribution in [2.75, 3.05) is 17.3 Å². The molecule has 32 heavy (non-hydrogen) atoms. The van der Waals surface area contributed by atoms with Crippen LogP contribution in [-0.2, 0) is 14.6 Å². The molecule has 3 heterocycles. The highest BCUT2D eigenvalue weighted by molar-refractivity contribution is 7.99. The SMILES string of the molecule is O=C(CSc1nnc(-c2cccnc2)n1C1CC1)N(C1CCCCC1)C1CCS(=O)(=O)C1. The maximum absolute atomic E-state index is 13.4. The fraction of sp³-hybridized carbons (Fsp3) is 0.636. The van der Waals surface area contributed by atoms with Gasteiger partial charge in [0.2, 0.25) is 5.91 Å². The molecule has 1 aliphatic heterocycles. The van der Waals surface area contributed by atoms with Gasteiger partial charge in [0, 0.05) is 36.1 Å². The van der Waals surface area contributed by atoms with Crippen LogP contribution in [-0.4, -0.2) is 68.3 Å². The van der Waals surface area contributed by atoms with Crippen LogP contribution in [0.1, 0.15) is 57.4 Å². The van der Waals surface area contributed by atoms with E-state index in [4.69, 9.17) is 0 Å². The predicted octanol–water partition coefficient (Wildman–Crippen LogP) is 3.12. The lowest BCUT2D eigenvalue weighted by atomic mass is 9.93. The first kappa shape index (κ1) is 21.9. The van der Waals surface area contributed by atoms with Crippen LogP contribution in [0.3, 0.4) is 0 Å². The maximum atomic E-state index is 13.4. The minimum absolute atomic E-state index is 0.0253. The number of amides is 1. The second kappa shape index (κ2) is 9.13. The summed E-state index contributed by atoms with van der Waals surface area (Å²) in [6, 6.07) is 4.19. The van der Waals surface area contributed by atoms with E-state index in [1.54, 1.807) is 12.4 Å². The summed E-state index contributed by atoms with van der Waals surface area (Å²) >= 11 is 1.42. The molecule has 1 saturated heterocycles. The second-order valence-electron chi connectivity index (χ2n) is 9.09. The van der Waals surface area contributed by atoms with Gasteiger partial charge in [-0.25, -0.2) is 8.42 Å². The average Bonchev–Trinajstić information content (AvgIpc) is 3.45. The number of hydrogen-bond donors (Lipinski definition) is 0. The zero-order valence-corrected chi connectivity index (χ0v) is 19.7. The molecule has 3 aliphatic rings. The summed E-state index contributed by atoms with van der Waals surface area (Å²) in [5, 5.41) is 9.56. The molecule has 3 fully saturated rings. The maximum Gasteiger partial charge on any atom is 0.233 e. The van der Waals surface area contributed by atoms with Gasteiger partial charge in [-0.2, -0.15) is 0 Å². The van der Waals surface area contributed by atoms with Gasteiger partial charge in [-0.05, 0) is 44.2 Å². The van der Waals surface area contributed by atoms with Crippen LogP contribution >= 0.6 is 11.8 Å². The number of nitrogens with zero attached hydrogens (tertiary/aromatic N) is 5. The molecule has 0 radical (unpaired) electrons. The predicted molar refractivity (Wildman–Crippen MR) is 123 cm³/mol. The van der Waals surface area contributed by atoms with E-state index < -0.39 is 9.84 Å². The molecule has 2 saturated carbocycles. The fourth-order valence-electron chi connectivity index (χ4n) is 4.99. The molecule has 5 rings (SSSR count). The van der Waals surface area contributed by atoms with E-state index in [-0.39, 0.29) is 35.2 Å². The molecule has 1 atom stereocenters. The summed E-state index contributed by atoms with van der Waals surface area (Å²) in [6.45, 7) is 0. The van der Waals surface area contributed by atoms with Gasteiger partial charge in [-0.15, -0.1) is 10.2 Å². The van der Waals surface area contributed by atoms with Crippen molar-refractivity contribution in [3.8, 4) is 11.4 Å². The first-order valence-corrected chi connectivity index (χ1v) is 14.3. The third-order valence-corrected chi connectivity index (χ3v) is 9.36. The summed E-state index contributed by atoms with van der Waals surface area (Å²) in [5.74, 6) is 1.36. The Morgan fingerprint density at radius 3 is 2.56 bits per heavy atom. The molecule has 2 aromatic heterocycles. The second-order valence-corrected chi connectivity index (χ2v) is 12.3. The molecule has 0 bridgehead atoms. The molecule has 8 nitrogen and oxygen atoms in total. The lowest BCUT2D eigenvalue weighted by Crippen LogP contribution is -2.49. The van der Waals surface area contributed by atoms with Crippen LogP contribution in [0.2, 0.25) is 0 Å². The number of sulfone groups is 1. The number of hydrogen-bond acceptors (Lipinski definition) is 7. The number of thioether (sulfide) groups is 1. The lowest BCUT2D eigenvalue weighted by molar-refractivity contribution is -0.133. The van der Waals surface area contributed by atoms with Crippen LogP contribution in [0.15, 0.2) is 29.7 Å². The Balaban J connectivity index is 1.34. The zero-order chi connectivity index (χ0) is 22.1. The van der Waals surface area contributed by atoms with Gasteiger partial charge in [0.1, 0.15) is 0 Å². The molecule has 1 amide bonds. The highest BCUT2D eigenvalue weighted by Gasteiger charge is 2.39. The minimum Gasteiger partial charge on any atom is -0.335 e. The summed E-state index contributed by atoms with van der Waals surface area (Å²) in [7, 11) is -3.05. The van der Waals surface area contributed by atoms with Gasteiger partial charge in [0.25, 0.3) is 0 Å². The molecule has 2 aliphatic carbocycles. The number of aromatic nitrogens is 4. The molecule has 2 aromatic rings. The van der Waals surface area contributed by atoms with Crippen molar-refractivity contribution in [3.63, 3.8) is 0 Å². The third kappa shape index (κ3) is 4.71. The molecular weight excluding hydrogens is 446 g/mol. The Kier molecular flexibility index (Phi) is 6.24. The molecule has 10 heteroatoms.